The first-order valence-corrected chi connectivity index (χ1v) is 8.23. The number of carboxylic acids is 1. The first-order chi connectivity index (χ1) is 11.3. The number of hydrogen-bond donors (Lipinski definition) is 3. The number of nitrogens with one attached hydrogen (secondary N) is 2. The Morgan fingerprint density at radius 2 is 1.83 bits per heavy atom. The van der Waals surface area contributed by atoms with Gasteiger partial charge >= 0.3 is 5.97 Å². The second-order valence-corrected chi connectivity index (χ2v) is 6.07. The lowest BCUT2D eigenvalue weighted by Gasteiger charge is -2.19. The summed E-state index contributed by atoms with van der Waals surface area (Å²) in [5, 5.41) is 15.0. The van der Waals surface area contributed by atoms with Gasteiger partial charge in [-0.3, -0.25) is 14.4 Å². The Hall–Kier alpha value is -2.08. The lowest BCUT2D eigenvalue weighted by molar-refractivity contribution is -0.142. The first-order valence-electron chi connectivity index (χ1n) is 7.85. The Morgan fingerprint density at radius 3 is 2.33 bits per heavy atom. The van der Waals surface area contributed by atoms with Crippen molar-refractivity contribution in [3.63, 3.8) is 0 Å². The first kappa shape index (κ1) is 20.0. The van der Waals surface area contributed by atoms with Crippen LogP contribution in [0, 0.1) is 5.92 Å². The molecule has 0 aliphatic carbocycles. The Kier molecular flexibility index (Phi) is 8.26. The van der Waals surface area contributed by atoms with Crippen LogP contribution in [0.15, 0.2) is 24.3 Å². The molecule has 2 atom stereocenters. The molecular formula is C17H23ClN2O4. The summed E-state index contributed by atoms with van der Waals surface area (Å²) >= 11 is 5.85. The van der Waals surface area contributed by atoms with Crippen LogP contribution in [0.2, 0.25) is 5.02 Å². The predicted molar refractivity (Wildman–Crippen MR) is 91.7 cm³/mol. The molecule has 2 unspecified atom stereocenters. The quantitative estimate of drug-likeness (QED) is 0.635. The molecule has 0 bridgehead atoms. The van der Waals surface area contributed by atoms with Gasteiger partial charge in [0.15, 0.2) is 0 Å². The molecule has 0 radical (unpaired) electrons. The molecule has 0 fully saturated rings. The van der Waals surface area contributed by atoms with Crippen LogP contribution in [0.3, 0.4) is 0 Å². The minimum Gasteiger partial charge on any atom is -0.481 e. The highest BCUT2D eigenvalue weighted by molar-refractivity contribution is 6.30. The number of hydrogen-bond acceptors (Lipinski definition) is 3. The fraction of sp³-hybridized carbons (Fsp3) is 0.471. The van der Waals surface area contributed by atoms with Crippen LogP contribution in [0.25, 0.3) is 0 Å². The summed E-state index contributed by atoms with van der Waals surface area (Å²) in [5.74, 6) is -2.09. The van der Waals surface area contributed by atoms with Crippen molar-refractivity contribution in [3.8, 4) is 0 Å². The topological polar surface area (TPSA) is 95.5 Å². The molecular weight excluding hydrogens is 332 g/mol. The molecule has 1 aromatic rings. The smallest absolute Gasteiger partial charge is 0.308 e. The van der Waals surface area contributed by atoms with E-state index >= 15 is 0 Å². The van der Waals surface area contributed by atoms with E-state index in [-0.39, 0.29) is 24.8 Å². The van der Waals surface area contributed by atoms with E-state index in [1.54, 1.807) is 24.3 Å². The fourth-order valence-corrected chi connectivity index (χ4v) is 2.47. The van der Waals surface area contributed by atoms with Crippen LogP contribution in [-0.2, 0) is 14.4 Å². The molecule has 0 heterocycles. The molecule has 2 amide bonds. The Bertz CT molecular complexity index is 574. The van der Waals surface area contributed by atoms with Crippen molar-refractivity contribution in [1.29, 1.82) is 0 Å². The van der Waals surface area contributed by atoms with Gasteiger partial charge in [-0.05, 0) is 24.1 Å². The Morgan fingerprint density at radius 1 is 1.21 bits per heavy atom. The lowest BCUT2D eigenvalue weighted by atomic mass is 10.0. The average molecular weight is 355 g/mol. The molecule has 6 nitrogen and oxygen atoms in total. The molecule has 1 aromatic carbocycles. The number of benzene rings is 1. The SMILES string of the molecule is CCCC(CNC(=O)CC(NC(C)=O)c1ccc(Cl)cc1)C(=O)O. The summed E-state index contributed by atoms with van der Waals surface area (Å²) in [6, 6.07) is 6.37. The highest BCUT2D eigenvalue weighted by atomic mass is 35.5. The number of aliphatic carboxylic acids is 1. The van der Waals surface area contributed by atoms with E-state index in [9.17, 15) is 14.4 Å². The molecule has 132 valence electrons. The molecule has 0 saturated heterocycles. The van der Waals surface area contributed by atoms with Crippen LogP contribution < -0.4 is 10.6 Å². The molecule has 7 heteroatoms. The molecule has 24 heavy (non-hydrogen) atoms. The normalized spacial score (nSPS) is 13.0. The molecule has 3 N–H and O–H groups in total. The highest BCUT2D eigenvalue weighted by Gasteiger charge is 2.20. The zero-order valence-electron chi connectivity index (χ0n) is 13.8. The van der Waals surface area contributed by atoms with Crippen LogP contribution in [-0.4, -0.2) is 29.4 Å². The Labute approximate surface area is 146 Å². The molecule has 0 aliphatic rings. The van der Waals surface area contributed by atoms with Gasteiger partial charge in [0.1, 0.15) is 0 Å². The fourth-order valence-electron chi connectivity index (χ4n) is 2.35. The van der Waals surface area contributed by atoms with Crippen LogP contribution in [0.4, 0.5) is 0 Å². The third-order valence-electron chi connectivity index (χ3n) is 3.57. The largest absolute Gasteiger partial charge is 0.481 e. The van der Waals surface area contributed by atoms with Gasteiger partial charge in [-0.25, -0.2) is 0 Å². The van der Waals surface area contributed by atoms with Crippen molar-refractivity contribution in [1.82, 2.24) is 10.6 Å². The van der Waals surface area contributed by atoms with Crippen molar-refractivity contribution < 1.29 is 19.5 Å². The number of halogens is 1. The summed E-state index contributed by atoms with van der Waals surface area (Å²) in [6.45, 7) is 3.35. The monoisotopic (exact) mass is 354 g/mol. The van der Waals surface area contributed by atoms with Gasteiger partial charge in [-0.1, -0.05) is 37.1 Å². The molecule has 0 saturated carbocycles. The predicted octanol–water partition coefficient (Wildman–Crippen LogP) is 2.52. The minimum atomic E-state index is -0.923. The zero-order valence-corrected chi connectivity index (χ0v) is 14.6. The number of carbonyl (C=O) groups excluding carboxylic acids is 2. The van der Waals surface area contributed by atoms with E-state index in [0.29, 0.717) is 11.4 Å². The molecule has 0 aliphatic heterocycles. The summed E-state index contributed by atoms with van der Waals surface area (Å²) < 4.78 is 0. The van der Waals surface area contributed by atoms with Gasteiger partial charge in [0, 0.05) is 18.5 Å². The number of amides is 2. The van der Waals surface area contributed by atoms with Crippen molar-refractivity contribution in [2.45, 2.75) is 39.2 Å². The second kappa shape index (κ2) is 9.93. The number of carboxylic acid groups (broad SMARTS) is 1. The summed E-state index contributed by atoms with van der Waals surface area (Å²) in [6.07, 6.45) is 1.26. The number of rotatable bonds is 9. The summed E-state index contributed by atoms with van der Waals surface area (Å²) in [7, 11) is 0. The van der Waals surface area contributed by atoms with E-state index in [2.05, 4.69) is 10.6 Å². The maximum absolute atomic E-state index is 12.1. The number of carbonyl (C=O) groups is 3. The average Bonchev–Trinajstić information content (AvgIpc) is 2.50. The zero-order chi connectivity index (χ0) is 18.1. The summed E-state index contributed by atoms with van der Waals surface area (Å²) in [4.78, 5) is 34.6. The lowest BCUT2D eigenvalue weighted by Crippen LogP contribution is -2.36. The van der Waals surface area contributed by atoms with Crippen molar-refractivity contribution in [2.75, 3.05) is 6.54 Å². The molecule has 0 aromatic heterocycles. The third kappa shape index (κ3) is 7.00. The van der Waals surface area contributed by atoms with E-state index in [0.717, 1.165) is 12.0 Å². The second-order valence-electron chi connectivity index (χ2n) is 5.64. The molecule has 1 rings (SSSR count). The third-order valence-corrected chi connectivity index (χ3v) is 3.82. The van der Waals surface area contributed by atoms with E-state index < -0.39 is 17.9 Å². The van der Waals surface area contributed by atoms with Crippen molar-refractivity contribution in [2.24, 2.45) is 5.92 Å². The van der Waals surface area contributed by atoms with Gasteiger partial charge in [-0.2, -0.15) is 0 Å². The van der Waals surface area contributed by atoms with Crippen LogP contribution in [0.5, 0.6) is 0 Å². The maximum atomic E-state index is 12.1. The van der Waals surface area contributed by atoms with Crippen molar-refractivity contribution in [3.05, 3.63) is 34.9 Å². The van der Waals surface area contributed by atoms with Crippen LogP contribution in [0.1, 0.15) is 44.7 Å². The van der Waals surface area contributed by atoms with E-state index in [1.165, 1.54) is 6.92 Å². The standard InChI is InChI=1S/C17H23ClN2O4/c1-3-4-13(17(23)24)10-19-16(22)9-15(20-11(2)21)12-5-7-14(18)8-6-12/h5-8,13,15H,3-4,9-10H2,1-2H3,(H,19,22)(H,20,21)(H,23,24). The van der Waals surface area contributed by atoms with Gasteiger partial charge in [-0.15, -0.1) is 0 Å². The van der Waals surface area contributed by atoms with Gasteiger partial charge in [0.2, 0.25) is 11.8 Å². The van der Waals surface area contributed by atoms with Gasteiger partial charge in [0.25, 0.3) is 0 Å². The van der Waals surface area contributed by atoms with E-state index in [1.807, 2.05) is 6.92 Å². The Balaban J connectivity index is 2.68. The minimum absolute atomic E-state index is 0.0275. The highest BCUT2D eigenvalue weighted by Crippen LogP contribution is 2.19. The molecule has 0 spiro atoms. The summed E-state index contributed by atoms with van der Waals surface area (Å²) in [5.41, 5.74) is 0.757. The van der Waals surface area contributed by atoms with E-state index in [4.69, 9.17) is 16.7 Å². The van der Waals surface area contributed by atoms with Crippen molar-refractivity contribution >= 4 is 29.4 Å². The van der Waals surface area contributed by atoms with Crippen LogP contribution >= 0.6 is 11.6 Å². The maximum Gasteiger partial charge on any atom is 0.308 e. The van der Waals surface area contributed by atoms with Gasteiger partial charge in [0.05, 0.1) is 18.4 Å². The van der Waals surface area contributed by atoms with Gasteiger partial charge < -0.3 is 15.7 Å².